The number of aromatic hydroxyl groups is 1. The molecule has 150 valence electrons. The lowest BCUT2D eigenvalue weighted by atomic mass is 10.0. The molecule has 2 aromatic carbocycles. The van der Waals surface area contributed by atoms with E-state index in [0.29, 0.717) is 23.3 Å². The molecule has 9 heteroatoms. The molecule has 0 aliphatic carbocycles. The molecule has 0 radical (unpaired) electrons. The number of azo groups is 1. The molecule has 1 aliphatic rings. The van der Waals surface area contributed by atoms with Crippen molar-refractivity contribution in [3.63, 3.8) is 0 Å². The fourth-order valence-electron chi connectivity index (χ4n) is 3.39. The van der Waals surface area contributed by atoms with Gasteiger partial charge in [-0.1, -0.05) is 24.3 Å². The number of methoxy groups -OCH3 is 2. The summed E-state index contributed by atoms with van der Waals surface area (Å²) in [5.74, 6) is 0.715. The molecule has 2 heterocycles. The van der Waals surface area contributed by atoms with E-state index in [1.807, 2.05) is 36.4 Å². The molecule has 9 nitrogen and oxygen atoms in total. The van der Waals surface area contributed by atoms with Gasteiger partial charge in [-0.3, -0.25) is 4.79 Å². The first-order chi connectivity index (χ1) is 14.1. The van der Waals surface area contributed by atoms with Gasteiger partial charge in [-0.25, -0.2) is 10.9 Å². The zero-order valence-corrected chi connectivity index (χ0v) is 16.0. The third kappa shape index (κ3) is 3.65. The normalized spacial score (nSPS) is 19.1. The Hall–Kier alpha value is -3.43. The zero-order valence-electron chi connectivity index (χ0n) is 16.0. The van der Waals surface area contributed by atoms with Crippen LogP contribution in [0, 0.1) is 0 Å². The number of hydrazine groups is 1. The average molecular weight is 395 g/mol. The van der Waals surface area contributed by atoms with Crippen molar-refractivity contribution in [1.82, 2.24) is 15.8 Å². The van der Waals surface area contributed by atoms with Crippen molar-refractivity contribution in [3.8, 4) is 17.4 Å². The number of aromatic amines is 1. The monoisotopic (exact) mass is 395 g/mol. The van der Waals surface area contributed by atoms with Gasteiger partial charge in [-0.2, -0.15) is 0 Å². The standard InChI is InChI=1S/C20H21N5O4/c1-28-16-8-7-11(9-17(16)29-2)14-10-15(23-22-14)19(26)25-24-18-12-5-3-4-6-13(12)21-20(18)27/h3-9,14-15,21-23,27H,10H2,1-2H3. The number of fused-ring (bicyclic) bond motifs is 1. The van der Waals surface area contributed by atoms with Crippen LogP contribution in [-0.2, 0) is 4.79 Å². The molecule has 0 saturated carbocycles. The van der Waals surface area contributed by atoms with Gasteiger partial charge in [0.05, 0.1) is 19.7 Å². The van der Waals surface area contributed by atoms with Gasteiger partial charge in [0.2, 0.25) is 5.88 Å². The molecular formula is C20H21N5O4. The summed E-state index contributed by atoms with van der Waals surface area (Å²) in [6, 6.07) is 12.3. The number of aromatic nitrogens is 1. The molecule has 0 spiro atoms. The number of carbonyl (C=O) groups excluding carboxylic acids is 1. The first-order valence-corrected chi connectivity index (χ1v) is 9.09. The third-order valence-corrected chi connectivity index (χ3v) is 4.92. The van der Waals surface area contributed by atoms with Gasteiger partial charge in [0.25, 0.3) is 5.91 Å². The van der Waals surface area contributed by atoms with Gasteiger partial charge in [-0.05, 0) is 30.2 Å². The molecule has 1 saturated heterocycles. The number of nitrogens with one attached hydrogen (secondary N) is 3. The third-order valence-electron chi connectivity index (χ3n) is 4.92. The highest BCUT2D eigenvalue weighted by Gasteiger charge is 2.31. The van der Waals surface area contributed by atoms with Crippen molar-refractivity contribution in [3.05, 3.63) is 48.0 Å². The molecule has 29 heavy (non-hydrogen) atoms. The van der Waals surface area contributed by atoms with Crippen LogP contribution in [0.5, 0.6) is 17.4 Å². The van der Waals surface area contributed by atoms with E-state index >= 15 is 0 Å². The number of ether oxygens (including phenoxy) is 2. The van der Waals surface area contributed by atoms with Crippen LogP contribution in [0.2, 0.25) is 0 Å². The lowest BCUT2D eigenvalue weighted by Crippen LogP contribution is -2.35. The van der Waals surface area contributed by atoms with E-state index in [-0.39, 0.29) is 17.6 Å². The molecule has 2 unspecified atom stereocenters. The van der Waals surface area contributed by atoms with E-state index in [0.717, 1.165) is 11.1 Å². The second-order valence-electron chi connectivity index (χ2n) is 6.65. The molecule has 1 aromatic heterocycles. The Kier molecular flexibility index (Phi) is 5.15. The number of nitrogens with zero attached hydrogens (tertiary/aromatic N) is 2. The summed E-state index contributed by atoms with van der Waals surface area (Å²) in [4.78, 5) is 15.3. The molecule has 1 fully saturated rings. The van der Waals surface area contributed by atoms with Gasteiger partial charge in [-0.15, -0.1) is 10.2 Å². The zero-order chi connectivity index (χ0) is 20.4. The minimum atomic E-state index is -0.538. The highest BCUT2D eigenvalue weighted by Crippen LogP contribution is 2.36. The molecule has 2 atom stereocenters. The molecule has 1 amide bonds. The van der Waals surface area contributed by atoms with Crippen LogP contribution < -0.4 is 20.3 Å². The van der Waals surface area contributed by atoms with E-state index in [1.54, 1.807) is 20.3 Å². The Morgan fingerprint density at radius 1 is 1.10 bits per heavy atom. The molecule has 1 aliphatic heterocycles. The maximum Gasteiger partial charge on any atom is 0.282 e. The largest absolute Gasteiger partial charge is 0.493 e. The summed E-state index contributed by atoms with van der Waals surface area (Å²) >= 11 is 0. The first kappa shape index (κ1) is 18.9. The van der Waals surface area contributed by atoms with E-state index in [4.69, 9.17) is 9.47 Å². The highest BCUT2D eigenvalue weighted by molar-refractivity contribution is 5.94. The van der Waals surface area contributed by atoms with Crippen LogP contribution in [-0.4, -0.2) is 36.3 Å². The minimum Gasteiger partial charge on any atom is -0.493 e. The molecule has 3 aromatic rings. The van der Waals surface area contributed by atoms with E-state index in [9.17, 15) is 9.90 Å². The summed E-state index contributed by atoms with van der Waals surface area (Å²) in [6.07, 6.45) is 0.493. The fourth-order valence-corrected chi connectivity index (χ4v) is 3.39. The van der Waals surface area contributed by atoms with E-state index in [2.05, 4.69) is 26.1 Å². The number of benzene rings is 2. The first-order valence-electron chi connectivity index (χ1n) is 9.09. The SMILES string of the molecule is COc1ccc(C2CC(C(=O)N=Nc3c(O)[nH]c4ccccc34)NN2)cc1OC. The van der Waals surface area contributed by atoms with E-state index < -0.39 is 11.9 Å². The maximum atomic E-state index is 12.5. The summed E-state index contributed by atoms with van der Waals surface area (Å²) in [7, 11) is 3.16. The Bertz CT molecular complexity index is 1080. The Morgan fingerprint density at radius 3 is 2.69 bits per heavy atom. The quantitative estimate of drug-likeness (QED) is 0.493. The number of carbonyl (C=O) groups is 1. The van der Waals surface area contributed by atoms with Crippen molar-refractivity contribution in [2.24, 2.45) is 10.2 Å². The van der Waals surface area contributed by atoms with Gasteiger partial charge in [0, 0.05) is 11.4 Å². The summed E-state index contributed by atoms with van der Waals surface area (Å²) in [6.45, 7) is 0. The molecule has 4 rings (SSSR count). The highest BCUT2D eigenvalue weighted by atomic mass is 16.5. The summed E-state index contributed by atoms with van der Waals surface area (Å²) in [5, 5.41) is 18.5. The van der Waals surface area contributed by atoms with Crippen LogP contribution >= 0.6 is 0 Å². The predicted octanol–water partition coefficient (Wildman–Crippen LogP) is 3.11. The average Bonchev–Trinajstić information content (AvgIpc) is 3.36. The van der Waals surface area contributed by atoms with Crippen LogP contribution in [0.4, 0.5) is 5.69 Å². The van der Waals surface area contributed by atoms with Crippen molar-refractivity contribution in [1.29, 1.82) is 0 Å². The Morgan fingerprint density at radius 2 is 1.90 bits per heavy atom. The number of amides is 1. The summed E-state index contributed by atoms with van der Waals surface area (Å²) in [5.41, 5.74) is 7.98. The number of rotatable bonds is 5. The van der Waals surface area contributed by atoms with Crippen LogP contribution in [0.25, 0.3) is 10.9 Å². The number of H-pyrrole nitrogens is 1. The maximum absolute atomic E-state index is 12.5. The van der Waals surface area contributed by atoms with Gasteiger partial charge >= 0.3 is 0 Å². The van der Waals surface area contributed by atoms with Crippen molar-refractivity contribution >= 4 is 22.5 Å². The summed E-state index contributed by atoms with van der Waals surface area (Å²) < 4.78 is 10.6. The lowest BCUT2D eigenvalue weighted by molar-refractivity contribution is -0.120. The Balaban J connectivity index is 1.47. The molecule has 0 bridgehead atoms. The number of hydrogen-bond donors (Lipinski definition) is 4. The van der Waals surface area contributed by atoms with E-state index in [1.165, 1.54) is 0 Å². The predicted molar refractivity (Wildman–Crippen MR) is 106 cm³/mol. The lowest BCUT2D eigenvalue weighted by Gasteiger charge is -2.13. The van der Waals surface area contributed by atoms with Gasteiger partial charge in [0.1, 0.15) is 6.04 Å². The molecule has 4 N–H and O–H groups in total. The van der Waals surface area contributed by atoms with Gasteiger partial charge in [0.15, 0.2) is 17.2 Å². The van der Waals surface area contributed by atoms with Crippen molar-refractivity contribution in [2.75, 3.05) is 14.2 Å². The molecular weight excluding hydrogens is 374 g/mol. The van der Waals surface area contributed by atoms with Crippen LogP contribution in [0.3, 0.4) is 0 Å². The smallest absolute Gasteiger partial charge is 0.282 e. The fraction of sp³-hybridized carbons (Fsp3) is 0.250. The topological polar surface area (TPSA) is 120 Å². The van der Waals surface area contributed by atoms with Crippen LogP contribution in [0.1, 0.15) is 18.0 Å². The minimum absolute atomic E-state index is 0.0968. The second kappa shape index (κ2) is 7.90. The van der Waals surface area contributed by atoms with Crippen molar-refractivity contribution in [2.45, 2.75) is 18.5 Å². The van der Waals surface area contributed by atoms with Gasteiger partial charge < -0.3 is 19.6 Å². The number of para-hydroxylation sites is 1. The number of hydrogen-bond acceptors (Lipinski definition) is 7. The second-order valence-corrected chi connectivity index (χ2v) is 6.65. The van der Waals surface area contributed by atoms with Crippen molar-refractivity contribution < 1.29 is 19.4 Å². The van der Waals surface area contributed by atoms with Crippen LogP contribution in [0.15, 0.2) is 52.7 Å². The Labute approximate surface area is 166 Å².